The Morgan fingerprint density at radius 2 is 0.766 bits per heavy atom. The van der Waals surface area contributed by atoms with E-state index in [1.807, 2.05) is 0 Å². The zero-order valence-electron chi connectivity index (χ0n) is 74.7. The van der Waals surface area contributed by atoms with E-state index in [9.17, 15) is 75.2 Å². The van der Waals surface area contributed by atoms with Gasteiger partial charge in [-0.2, -0.15) is 76.6 Å². The Morgan fingerprint density at radius 3 is 1.06 bits per heavy atom. The van der Waals surface area contributed by atoms with Gasteiger partial charge in [0.25, 0.3) is 11.8 Å². The van der Waals surface area contributed by atoms with Crippen molar-refractivity contribution in [2.24, 2.45) is 46.1 Å². The van der Waals surface area contributed by atoms with Crippen molar-refractivity contribution in [2.75, 3.05) is 45.9 Å². The van der Waals surface area contributed by atoms with Crippen LogP contribution in [0.2, 0.25) is 40.2 Å². The number of amides is 3. The van der Waals surface area contributed by atoms with E-state index in [0.717, 1.165) is 0 Å². The molecule has 0 bridgehead atoms. The minimum absolute atomic E-state index is 0.00123. The maximum Gasteiger partial charge on any atom is 0.408 e. The molecular formula is C90H82Cl8F8N24O11. The van der Waals surface area contributed by atoms with Crippen LogP contribution >= 0.6 is 92.8 Å². The molecule has 4 atom stereocenters. The minimum Gasteiger partial charge on any atom is -0.450 e. The number of rotatable bonds is 26. The third-order valence-corrected chi connectivity index (χ3v) is 22.2. The van der Waals surface area contributed by atoms with Gasteiger partial charge in [0, 0.05) is 66.5 Å². The smallest absolute Gasteiger partial charge is 0.408 e. The summed E-state index contributed by atoms with van der Waals surface area (Å²) in [4.78, 5) is 70.8. The lowest BCUT2D eigenvalue weighted by Gasteiger charge is -2.35. The van der Waals surface area contributed by atoms with Crippen molar-refractivity contribution in [3.8, 4) is 47.8 Å². The number of hydrogen-bond donors (Lipinski definition) is 7. The molecule has 12 rings (SSSR count). The number of likely N-dealkylation sites (N-methyl/N-ethyl adjacent to an activating group) is 2. The van der Waals surface area contributed by atoms with Gasteiger partial charge in [-0.15, -0.1) is 0 Å². The van der Waals surface area contributed by atoms with E-state index >= 15 is 0 Å². The summed E-state index contributed by atoms with van der Waals surface area (Å²) in [6, 6.07) is 39.6. The largest absolute Gasteiger partial charge is 0.450 e. The van der Waals surface area contributed by atoms with Gasteiger partial charge in [0.05, 0.1) is 136 Å². The number of nitrogens with two attached hydrogens (primary N) is 1. The van der Waals surface area contributed by atoms with E-state index in [4.69, 9.17) is 113 Å². The molecule has 0 aromatic heterocycles. The summed E-state index contributed by atoms with van der Waals surface area (Å²) in [6.07, 6.45) is 7.82. The molecule has 141 heavy (non-hydrogen) atoms. The Kier molecular flexibility index (Phi) is 40.4. The van der Waals surface area contributed by atoms with Crippen molar-refractivity contribution in [3.63, 3.8) is 0 Å². The number of alkyl carbamates (subject to hydrolysis) is 1. The molecule has 0 saturated carbocycles. The fourth-order valence-electron chi connectivity index (χ4n) is 13.4. The van der Waals surface area contributed by atoms with Crippen molar-refractivity contribution in [1.29, 1.82) is 21.0 Å². The molecule has 4 aliphatic rings. The Labute approximate surface area is 841 Å². The van der Waals surface area contributed by atoms with Gasteiger partial charge >= 0.3 is 38.5 Å². The number of hydrazone groups is 4. The van der Waals surface area contributed by atoms with Crippen LogP contribution in [-0.2, 0) is 23.9 Å². The monoisotopic (exact) mass is 2110 g/mol. The van der Waals surface area contributed by atoms with Crippen molar-refractivity contribution < 1.29 is 87.8 Å². The van der Waals surface area contributed by atoms with Gasteiger partial charge in [0.1, 0.15) is 35.2 Å². The molecular weight excluding hydrogens is 2030 g/mol. The zero-order chi connectivity index (χ0) is 103. The normalized spacial score (nSPS) is 15.8. The summed E-state index contributed by atoms with van der Waals surface area (Å²) in [5, 5.41) is 86.1. The van der Waals surface area contributed by atoms with E-state index in [-0.39, 0.29) is 131 Å². The number of nitrogens with zero attached hydrogens (tertiary/aromatic N) is 18. The maximum absolute atomic E-state index is 13.6. The van der Waals surface area contributed by atoms with Crippen LogP contribution in [0.4, 0.5) is 62.7 Å². The van der Waals surface area contributed by atoms with Crippen molar-refractivity contribution in [3.05, 3.63) is 245 Å². The van der Waals surface area contributed by atoms with Gasteiger partial charge in [0.2, 0.25) is 23.8 Å². The molecule has 0 spiro atoms. The number of ether oxygens (including phenoxy) is 6. The van der Waals surface area contributed by atoms with Gasteiger partial charge in [-0.05, 0) is 139 Å². The first-order chi connectivity index (χ1) is 67.0. The predicted octanol–water partition coefficient (Wildman–Crippen LogP) is 17.6. The number of halogens is 16. The standard InChI is InChI=1S/C26H26Cl2F2N6O4.C24H24Cl2F2N6O3.C22H18Cl2F2N6O3.C18H14Cl2F2N6O/c1-5-35(23(38)26(3,4)40-15(2)37)21-13-36(34-22(21)16-9-10-19(27)20(28)11-16)25(32-14-31)33-17-7-6-8-18(12-17)39-24(29)30;1-4-33(21(35)24(2,3)36)19-12-34(32-20(19)14-8-9-17(25)18(26)10-14)23(30-13-29)31-15-6-5-7-16(11-15)37-22(27)28;1-2-8-34-22(33)30-18-11-32(31-19(18)13-6-7-16(23)17(24)9-13)21(28-12-27)29-14-4-3-5-15(10-14)35-20(25)26;19-13-5-4-10(6-14(13)20)16-15(24)8-28(27-16)18(25-9-23)26-11-2-1-3-12(7-11)29-17(21)22/h6-12,21,24H,5,13H2,1-4H3,(H,32,33);5-11,19,22,36H,4,12H2,1-3H3,(H,30,31);2-7,9-10,18,20H,1,8,11H2,(H,28,29)(H,30,33);1-7,15,17H,8,24H2,(H,25,26). The molecule has 35 nitrogen and oxygen atoms in total. The zero-order valence-corrected chi connectivity index (χ0v) is 80.8. The first-order valence-electron chi connectivity index (χ1n) is 41.2. The second kappa shape index (κ2) is 51.6. The molecule has 0 radical (unpaired) electrons. The van der Waals surface area contributed by atoms with Crippen LogP contribution in [0.15, 0.2) is 223 Å². The average Bonchev–Trinajstić information content (AvgIpc) is 1.64. The molecule has 0 aliphatic carbocycles. The van der Waals surface area contributed by atoms with Gasteiger partial charge in [-0.1, -0.05) is 154 Å². The Balaban J connectivity index is 0.000000211. The number of aliphatic imine (C=N–C) groups is 4. The van der Waals surface area contributed by atoms with Crippen LogP contribution in [-0.4, -0.2) is 213 Å². The molecule has 0 saturated heterocycles. The highest BCUT2D eigenvalue weighted by atomic mass is 35.5. The SMILES string of the molecule is C=CCOC(=O)NC1CN(C(=Nc2cccc(OC(F)F)c2)NC#N)N=C1c1ccc(Cl)c(Cl)c1.CCN(C(=O)C(C)(C)O)C1CN(C(=Nc2cccc(OC(F)F)c2)NC#N)N=C1c1ccc(Cl)c(Cl)c1.CCN(C(=O)C(C)(C)OC(C)=O)C1CN(C(=Nc2cccc(OC(F)F)c2)NC#N)N=C1c1ccc(Cl)c(Cl)c1.N#CNC(=Nc1cccc(OC(F)F)c1)N1CC(N)C(c2ccc(Cl)c(Cl)c2)=N1. The highest BCUT2D eigenvalue weighted by Crippen LogP contribution is 2.36. The number of carbonyl (C=O) groups is 4. The van der Waals surface area contributed by atoms with Crippen LogP contribution in [0.3, 0.4) is 0 Å². The third kappa shape index (κ3) is 31.6. The minimum atomic E-state index is -3.03. The van der Waals surface area contributed by atoms with Crippen LogP contribution < -0.4 is 51.3 Å². The lowest BCUT2D eigenvalue weighted by Crippen LogP contribution is -2.55. The predicted molar refractivity (Wildman–Crippen MR) is 515 cm³/mol. The number of hydrogen-bond acceptors (Lipinski definition) is 24. The molecule has 3 amide bonds. The summed E-state index contributed by atoms with van der Waals surface area (Å²) in [5.74, 6) is -2.04. The molecule has 0 fully saturated rings. The first-order valence-corrected chi connectivity index (χ1v) is 44.2. The number of benzene rings is 8. The Morgan fingerprint density at radius 1 is 0.468 bits per heavy atom. The second-order valence-electron chi connectivity index (χ2n) is 30.0. The van der Waals surface area contributed by atoms with Crippen LogP contribution in [0.1, 0.15) is 70.7 Å². The van der Waals surface area contributed by atoms with Crippen LogP contribution in [0.25, 0.3) is 0 Å². The van der Waals surface area contributed by atoms with Gasteiger partial charge in [0.15, 0.2) is 30.4 Å². The highest BCUT2D eigenvalue weighted by molar-refractivity contribution is 6.44. The van der Waals surface area contributed by atoms with E-state index in [2.05, 4.69) is 92.5 Å². The number of esters is 1. The number of nitrogens with one attached hydrogen (secondary N) is 5. The fraction of sp³-hybridized carbons (Fsp3) is 0.267. The van der Waals surface area contributed by atoms with E-state index in [0.29, 0.717) is 70.2 Å². The third-order valence-electron chi connectivity index (χ3n) is 19.3. The van der Waals surface area contributed by atoms with Crippen LogP contribution in [0.5, 0.6) is 23.0 Å². The molecule has 740 valence electrons. The molecule has 51 heteroatoms. The average molecular weight is 2110 g/mol. The molecule has 8 aromatic rings. The molecule has 8 aromatic carbocycles. The quantitative estimate of drug-likeness (QED) is 0.00503. The van der Waals surface area contributed by atoms with E-state index in [1.54, 1.807) is 117 Å². The summed E-state index contributed by atoms with van der Waals surface area (Å²) < 4.78 is 128. The fourth-order valence-corrected chi connectivity index (χ4v) is 14.6. The maximum atomic E-state index is 13.6. The van der Waals surface area contributed by atoms with Crippen LogP contribution in [0, 0.1) is 45.8 Å². The Bertz CT molecular complexity index is 6340. The number of aliphatic hydroxyl groups is 1. The van der Waals surface area contributed by atoms with Gasteiger partial charge in [-0.3, -0.25) is 35.7 Å². The summed E-state index contributed by atoms with van der Waals surface area (Å²) in [7, 11) is 0. The van der Waals surface area contributed by atoms with Gasteiger partial charge in [-0.25, -0.2) is 44.8 Å². The molecule has 8 N–H and O–H groups in total. The first kappa shape index (κ1) is 110. The van der Waals surface area contributed by atoms with Crippen molar-refractivity contribution in [1.82, 2.24) is 56.4 Å². The molecule has 4 unspecified atom stereocenters. The van der Waals surface area contributed by atoms with E-state index < -0.39 is 85.7 Å². The number of carbonyl (C=O) groups excluding carboxylic acids is 4. The highest BCUT2D eigenvalue weighted by Gasteiger charge is 2.45. The number of nitriles is 4. The molecule has 4 aliphatic heterocycles. The van der Waals surface area contributed by atoms with E-state index in [1.165, 1.54) is 162 Å². The summed E-state index contributed by atoms with van der Waals surface area (Å²) in [6.45, 7) is 2.82. The Hall–Kier alpha value is -14.2. The number of guanidine groups is 4. The summed E-state index contributed by atoms with van der Waals surface area (Å²) in [5.41, 5.74) is 8.04. The molecule has 4 heterocycles. The van der Waals surface area contributed by atoms with Gasteiger partial charge < -0.3 is 54.4 Å². The number of alkyl halides is 8. The van der Waals surface area contributed by atoms with Crippen molar-refractivity contribution in [2.45, 2.75) is 110 Å². The lowest BCUT2D eigenvalue weighted by atomic mass is 9.99. The van der Waals surface area contributed by atoms with Crippen molar-refractivity contribution >= 4 is 186 Å². The topological polar surface area (TPSA) is 444 Å². The second-order valence-corrected chi connectivity index (χ2v) is 33.3. The lowest BCUT2D eigenvalue weighted by molar-refractivity contribution is -0.169. The summed E-state index contributed by atoms with van der Waals surface area (Å²) >= 11 is 48.9.